The number of rotatable bonds is 3. The van der Waals surface area contributed by atoms with E-state index < -0.39 is 0 Å². The molecule has 3 heteroatoms. The quantitative estimate of drug-likeness (QED) is 0.644. The highest BCUT2D eigenvalue weighted by Gasteiger charge is 2.04. The molecule has 0 bridgehead atoms. The van der Waals surface area contributed by atoms with Crippen LogP contribution in [-0.2, 0) is 0 Å². The van der Waals surface area contributed by atoms with Crippen molar-refractivity contribution in [3.63, 3.8) is 0 Å². The predicted octanol–water partition coefficient (Wildman–Crippen LogP) is 1.70. The third kappa shape index (κ3) is 3.07. The molecule has 0 aromatic rings. The van der Waals surface area contributed by atoms with Crippen molar-refractivity contribution < 1.29 is 0 Å². The minimum Gasteiger partial charge on any atom is -0.374 e. The Morgan fingerprint density at radius 1 is 1.33 bits per heavy atom. The molecular weight excluding hydrogens is 150 g/mol. The number of hydrogen-bond acceptors (Lipinski definition) is 3. The molecule has 0 aliphatic heterocycles. The van der Waals surface area contributed by atoms with Gasteiger partial charge >= 0.3 is 0 Å². The summed E-state index contributed by atoms with van der Waals surface area (Å²) in [6, 6.07) is 4.17. The zero-order chi connectivity index (χ0) is 9.56. The fourth-order valence-electron chi connectivity index (χ4n) is 0.787. The van der Waals surface area contributed by atoms with E-state index in [1.807, 2.05) is 32.9 Å². The highest BCUT2D eigenvalue weighted by molar-refractivity contribution is 5.35. The molecule has 0 amide bonds. The van der Waals surface area contributed by atoms with E-state index in [9.17, 15) is 0 Å². The van der Waals surface area contributed by atoms with Crippen molar-refractivity contribution in [3.05, 3.63) is 11.3 Å². The Hall–Kier alpha value is -1.48. The third-order valence-corrected chi connectivity index (χ3v) is 1.34. The molecule has 1 N–H and O–H groups in total. The van der Waals surface area contributed by atoms with Gasteiger partial charge in [-0.05, 0) is 20.3 Å². The second-order valence-electron chi connectivity index (χ2n) is 2.73. The highest BCUT2D eigenvalue weighted by Crippen LogP contribution is 2.04. The lowest BCUT2D eigenvalue weighted by Crippen LogP contribution is -2.22. The van der Waals surface area contributed by atoms with E-state index in [0.717, 1.165) is 0 Å². The van der Waals surface area contributed by atoms with E-state index in [2.05, 4.69) is 5.32 Å². The molecule has 0 atom stereocenters. The Balaban J connectivity index is 4.65. The summed E-state index contributed by atoms with van der Waals surface area (Å²) in [6.07, 6.45) is 0.596. The van der Waals surface area contributed by atoms with Crippen molar-refractivity contribution in [1.82, 2.24) is 5.32 Å². The molecule has 0 rings (SSSR count). The first-order valence-electron chi connectivity index (χ1n) is 3.95. The van der Waals surface area contributed by atoms with Gasteiger partial charge in [0.15, 0.2) is 0 Å². The predicted molar refractivity (Wildman–Crippen MR) is 46.8 cm³/mol. The molecule has 0 spiro atoms. The molecule has 0 fully saturated rings. The third-order valence-electron chi connectivity index (χ3n) is 1.34. The van der Waals surface area contributed by atoms with Gasteiger partial charge < -0.3 is 5.32 Å². The fraction of sp³-hybridized carbons (Fsp3) is 0.556. The van der Waals surface area contributed by atoms with Crippen LogP contribution in [0.25, 0.3) is 0 Å². The van der Waals surface area contributed by atoms with Crippen molar-refractivity contribution in [1.29, 1.82) is 10.5 Å². The SMILES string of the molecule is CC/C(C#N)=C(\C#N)NC(C)C. The Morgan fingerprint density at radius 2 is 1.92 bits per heavy atom. The maximum atomic E-state index is 8.69. The van der Waals surface area contributed by atoms with Gasteiger partial charge in [0.1, 0.15) is 11.8 Å². The standard InChI is InChI=1S/C9H13N3/c1-4-8(5-10)9(6-11)12-7(2)3/h7,12H,4H2,1-3H3/b9-8-. The molecule has 0 aromatic carbocycles. The van der Waals surface area contributed by atoms with Crippen LogP contribution in [0.2, 0.25) is 0 Å². The first-order chi connectivity index (χ1) is 5.65. The van der Waals surface area contributed by atoms with Crippen LogP contribution in [0.1, 0.15) is 27.2 Å². The topological polar surface area (TPSA) is 59.6 Å². The van der Waals surface area contributed by atoms with Gasteiger partial charge in [-0.3, -0.25) is 0 Å². The normalized spacial score (nSPS) is 11.5. The second kappa shape index (κ2) is 5.21. The number of nitriles is 2. The first kappa shape index (κ1) is 10.5. The number of nitrogens with zero attached hydrogens (tertiary/aromatic N) is 2. The maximum Gasteiger partial charge on any atom is 0.127 e. The molecule has 0 heterocycles. The largest absolute Gasteiger partial charge is 0.374 e. The zero-order valence-electron chi connectivity index (χ0n) is 7.68. The summed E-state index contributed by atoms with van der Waals surface area (Å²) < 4.78 is 0. The van der Waals surface area contributed by atoms with Crippen LogP contribution in [0.3, 0.4) is 0 Å². The number of nitrogens with one attached hydrogen (secondary N) is 1. The molecule has 0 aliphatic carbocycles. The number of allylic oxidation sites excluding steroid dienone is 2. The van der Waals surface area contributed by atoms with E-state index >= 15 is 0 Å². The average Bonchev–Trinajstić information content (AvgIpc) is 2.04. The molecule has 0 aliphatic rings. The fourth-order valence-corrected chi connectivity index (χ4v) is 0.787. The average molecular weight is 163 g/mol. The lowest BCUT2D eigenvalue weighted by atomic mass is 10.1. The molecule has 0 radical (unpaired) electrons. The van der Waals surface area contributed by atoms with Crippen molar-refractivity contribution in [2.75, 3.05) is 0 Å². The van der Waals surface area contributed by atoms with Crippen LogP contribution in [-0.4, -0.2) is 6.04 Å². The Bertz CT molecular complexity index is 250. The molecule has 0 saturated carbocycles. The van der Waals surface area contributed by atoms with Crippen LogP contribution < -0.4 is 5.32 Å². The van der Waals surface area contributed by atoms with Crippen LogP contribution in [0.15, 0.2) is 11.3 Å². The molecule has 3 nitrogen and oxygen atoms in total. The van der Waals surface area contributed by atoms with Crippen molar-refractivity contribution in [2.45, 2.75) is 33.2 Å². The summed E-state index contributed by atoms with van der Waals surface area (Å²) in [4.78, 5) is 0. The Kier molecular flexibility index (Phi) is 4.57. The summed E-state index contributed by atoms with van der Waals surface area (Å²) in [5, 5.41) is 20.3. The second-order valence-corrected chi connectivity index (χ2v) is 2.73. The van der Waals surface area contributed by atoms with E-state index in [0.29, 0.717) is 17.7 Å². The van der Waals surface area contributed by atoms with Crippen molar-refractivity contribution in [3.8, 4) is 12.1 Å². The van der Waals surface area contributed by atoms with Crippen LogP contribution >= 0.6 is 0 Å². The van der Waals surface area contributed by atoms with E-state index in [1.54, 1.807) is 0 Å². The Labute approximate surface area is 73.3 Å². The van der Waals surface area contributed by atoms with E-state index in [4.69, 9.17) is 10.5 Å². The summed E-state index contributed by atoms with van der Waals surface area (Å²) >= 11 is 0. The highest BCUT2D eigenvalue weighted by atomic mass is 14.9. The van der Waals surface area contributed by atoms with Gasteiger partial charge in [-0.1, -0.05) is 6.92 Å². The van der Waals surface area contributed by atoms with Gasteiger partial charge in [0.2, 0.25) is 0 Å². The molecular formula is C9H13N3. The smallest absolute Gasteiger partial charge is 0.127 e. The summed E-state index contributed by atoms with van der Waals surface area (Å²) in [6.45, 7) is 5.72. The summed E-state index contributed by atoms with van der Waals surface area (Å²) in [5.74, 6) is 0. The molecule has 64 valence electrons. The van der Waals surface area contributed by atoms with Gasteiger partial charge in [-0.15, -0.1) is 0 Å². The maximum absolute atomic E-state index is 8.69. The first-order valence-corrected chi connectivity index (χ1v) is 3.95. The monoisotopic (exact) mass is 163 g/mol. The lowest BCUT2D eigenvalue weighted by Gasteiger charge is -2.08. The van der Waals surface area contributed by atoms with Crippen LogP contribution in [0, 0.1) is 22.7 Å². The minimum absolute atomic E-state index is 0.189. The Morgan fingerprint density at radius 3 is 2.17 bits per heavy atom. The van der Waals surface area contributed by atoms with Gasteiger partial charge in [0, 0.05) is 6.04 Å². The van der Waals surface area contributed by atoms with Gasteiger partial charge in [-0.2, -0.15) is 10.5 Å². The lowest BCUT2D eigenvalue weighted by molar-refractivity contribution is 0.677. The molecule has 0 unspecified atom stereocenters. The summed E-state index contributed by atoms with van der Waals surface area (Å²) in [7, 11) is 0. The molecule has 0 aromatic heterocycles. The molecule has 0 saturated heterocycles. The summed E-state index contributed by atoms with van der Waals surface area (Å²) in [5.41, 5.74) is 0.918. The van der Waals surface area contributed by atoms with Crippen LogP contribution in [0.4, 0.5) is 0 Å². The van der Waals surface area contributed by atoms with Crippen molar-refractivity contribution in [2.24, 2.45) is 0 Å². The van der Waals surface area contributed by atoms with Gasteiger partial charge in [0.05, 0.1) is 11.6 Å². The molecule has 12 heavy (non-hydrogen) atoms. The minimum atomic E-state index is 0.189. The van der Waals surface area contributed by atoms with Crippen molar-refractivity contribution >= 4 is 0 Å². The van der Waals surface area contributed by atoms with Crippen LogP contribution in [0.5, 0.6) is 0 Å². The van der Waals surface area contributed by atoms with E-state index in [1.165, 1.54) is 0 Å². The van der Waals surface area contributed by atoms with E-state index in [-0.39, 0.29) is 6.04 Å². The van der Waals surface area contributed by atoms with Gasteiger partial charge in [-0.25, -0.2) is 0 Å². The van der Waals surface area contributed by atoms with Gasteiger partial charge in [0.25, 0.3) is 0 Å². The number of hydrogen-bond donors (Lipinski definition) is 1. The zero-order valence-corrected chi connectivity index (χ0v) is 7.68.